The van der Waals surface area contributed by atoms with Gasteiger partial charge >= 0.3 is 5.24 Å². The van der Waals surface area contributed by atoms with Gasteiger partial charge in [0.15, 0.2) is 0 Å². The number of aliphatic hydroxyl groups excluding tert-OH is 1. The van der Waals surface area contributed by atoms with E-state index in [2.05, 4.69) is 59.6 Å². The molecule has 0 amide bonds. The summed E-state index contributed by atoms with van der Waals surface area (Å²) in [5.41, 5.74) is 7.12. The van der Waals surface area contributed by atoms with E-state index >= 15 is 0 Å². The third-order valence-electron chi connectivity index (χ3n) is 6.20. The van der Waals surface area contributed by atoms with Gasteiger partial charge in [-0.1, -0.05) is 91.0 Å². The van der Waals surface area contributed by atoms with Gasteiger partial charge in [0, 0.05) is 34.8 Å². The molecule has 5 aromatic rings. The van der Waals surface area contributed by atoms with E-state index in [-0.39, 0.29) is 0 Å². The fraction of sp³-hybridized carbons (Fsp3) is 0. The van der Waals surface area contributed by atoms with Gasteiger partial charge in [0.1, 0.15) is 5.75 Å². The number of aliphatic hydroxyl groups is 1. The number of rotatable bonds is 7. The van der Waals surface area contributed by atoms with Gasteiger partial charge in [-0.3, -0.25) is 0 Å². The van der Waals surface area contributed by atoms with Crippen molar-refractivity contribution < 1.29 is 9.84 Å². The maximum atomic E-state index is 9.92. The second-order valence-electron chi connectivity index (χ2n) is 8.71. The molecule has 0 aliphatic rings. The molecule has 0 aromatic heterocycles. The topological polar surface area (TPSA) is 56.5 Å². The monoisotopic (exact) mass is 524 g/mol. The van der Waals surface area contributed by atoms with E-state index < -0.39 is 5.24 Å². The molecule has 0 radical (unpaired) electrons. The predicted molar refractivity (Wildman–Crippen MR) is 162 cm³/mol. The number of hydrogen-bond acceptors (Lipinski definition) is 4. The molecule has 0 bridgehead atoms. The van der Waals surface area contributed by atoms with Crippen LogP contribution in [0.3, 0.4) is 0 Å². The van der Waals surface area contributed by atoms with Crippen LogP contribution in [0.2, 0.25) is 0 Å². The fourth-order valence-corrected chi connectivity index (χ4v) is 4.48. The number of ether oxygens (including phenoxy) is 1. The summed E-state index contributed by atoms with van der Waals surface area (Å²) in [5, 5.41) is 18.8. The van der Waals surface area contributed by atoms with Crippen molar-refractivity contribution in [3.05, 3.63) is 145 Å². The minimum absolute atomic E-state index is 0.467. The molecule has 1 N–H and O–H groups in total. The number of hydrogen-bond donors (Lipinski definition) is 1. The second-order valence-corrected chi connectivity index (χ2v) is 9.06. The minimum Gasteiger partial charge on any atom is -0.472 e. The Morgan fingerprint density at radius 3 is 1.79 bits per heavy atom. The van der Waals surface area contributed by atoms with E-state index in [1.54, 1.807) is 6.07 Å². The summed E-state index contributed by atoms with van der Waals surface area (Å²) in [5.74, 6) is 0.467. The van der Waals surface area contributed by atoms with Crippen molar-refractivity contribution in [2.24, 2.45) is 0 Å². The third-order valence-corrected chi connectivity index (χ3v) is 6.29. The molecule has 0 unspecified atom stereocenters. The highest BCUT2D eigenvalue weighted by Crippen LogP contribution is 2.35. The molecule has 0 heterocycles. The van der Waals surface area contributed by atoms with Crippen LogP contribution in [0.25, 0.3) is 22.8 Å². The van der Waals surface area contributed by atoms with Gasteiger partial charge in [-0.25, -0.2) is 0 Å². The lowest BCUT2D eigenvalue weighted by atomic mass is 9.99. The first-order chi connectivity index (χ1) is 19.1. The van der Waals surface area contributed by atoms with Crippen LogP contribution in [0.5, 0.6) is 5.75 Å². The molecule has 188 valence electrons. The largest absolute Gasteiger partial charge is 0.472 e. The molecule has 39 heavy (non-hydrogen) atoms. The molecule has 0 atom stereocenters. The van der Waals surface area contributed by atoms with E-state index in [1.807, 2.05) is 97.1 Å². The van der Waals surface area contributed by atoms with Crippen LogP contribution < -0.4 is 9.64 Å². The fourth-order valence-electron chi connectivity index (χ4n) is 4.39. The molecule has 0 aliphatic carbocycles. The lowest BCUT2D eigenvalue weighted by Gasteiger charge is -2.25. The summed E-state index contributed by atoms with van der Waals surface area (Å²) in [4.78, 5) is 2.20. The predicted octanol–water partition coefficient (Wildman–Crippen LogP) is 9.11. The molecule has 5 aromatic carbocycles. The van der Waals surface area contributed by atoms with E-state index in [4.69, 9.17) is 4.74 Å². The molecule has 5 heteroatoms. The van der Waals surface area contributed by atoms with Crippen molar-refractivity contribution in [3.63, 3.8) is 0 Å². The Balaban J connectivity index is 1.42. The lowest BCUT2D eigenvalue weighted by Crippen LogP contribution is -2.09. The van der Waals surface area contributed by atoms with E-state index in [0.29, 0.717) is 11.3 Å². The number of nitriles is 1. The quantitative estimate of drug-likeness (QED) is 0.131. The SMILES string of the molecule is N#CC(=Cc1ccc(N(c2ccccc2)c2ccccc2)cc1)c1ccc(-c2ccccc2OC(O)=S)cc1. The summed E-state index contributed by atoms with van der Waals surface area (Å²) in [6.07, 6.45) is 1.88. The first-order valence-electron chi connectivity index (χ1n) is 12.3. The Kier molecular flexibility index (Phi) is 7.78. The Morgan fingerprint density at radius 2 is 1.23 bits per heavy atom. The zero-order chi connectivity index (χ0) is 27.0. The number of anilines is 3. The molecule has 0 saturated carbocycles. The van der Waals surface area contributed by atoms with E-state index in [9.17, 15) is 10.4 Å². The molecular weight excluding hydrogens is 500 g/mol. The van der Waals surface area contributed by atoms with Crippen LogP contribution in [0.15, 0.2) is 133 Å². The smallest absolute Gasteiger partial charge is 0.355 e. The number of para-hydroxylation sites is 3. The van der Waals surface area contributed by atoms with Crippen LogP contribution in [0, 0.1) is 11.3 Å². The Bertz CT molecular complexity index is 1600. The highest BCUT2D eigenvalue weighted by Gasteiger charge is 2.12. The van der Waals surface area contributed by atoms with Gasteiger partial charge in [-0.15, -0.1) is 0 Å². The molecular formula is C34H24N2O2S. The molecule has 5 rings (SSSR count). The van der Waals surface area contributed by atoms with Gasteiger partial charge in [0.2, 0.25) is 0 Å². The molecule has 0 spiro atoms. The van der Waals surface area contributed by atoms with Crippen molar-refractivity contribution in [2.75, 3.05) is 4.90 Å². The van der Waals surface area contributed by atoms with Crippen LogP contribution >= 0.6 is 12.2 Å². The highest BCUT2D eigenvalue weighted by molar-refractivity contribution is 7.79. The normalized spacial score (nSPS) is 10.9. The van der Waals surface area contributed by atoms with Crippen LogP contribution in [0.1, 0.15) is 11.1 Å². The number of benzene rings is 5. The van der Waals surface area contributed by atoms with Crippen molar-refractivity contribution in [2.45, 2.75) is 0 Å². The number of nitrogens with zero attached hydrogens (tertiary/aromatic N) is 2. The van der Waals surface area contributed by atoms with Gasteiger partial charge < -0.3 is 14.7 Å². The Hall–Kier alpha value is -5.18. The summed E-state index contributed by atoms with van der Waals surface area (Å²) < 4.78 is 5.28. The number of thiocarbonyl (C=S) groups is 1. The van der Waals surface area contributed by atoms with Gasteiger partial charge in [-0.05, 0) is 65.2 Å². The summed E-state index contributed by atoms with van der Waals surface area (Å²) >= 11 is 4.68. The Morgan fingerprint density at radius 1 is 0.692 bits per heavy atom. The van der Waals surface area contributed by atoms with Crippen LogP contribution in [0.4, 0.5) is 17.1 Å². The summed E-state index contributed by atoms with van der Waals surface area (Å²) in [7, 11) is 0. The Labute approximate surface area is 233 Å². The summed E-state index contributed by atoms with van der Waals surface area (Å²) in [6.45, 7) is 0. The van der Waals surface area contributed by atoms with Crippen LogP contribution in [-0.4, -0.2) is 10.3 Å². The van der Waals surface area contributed by atoms with Crippen LogP contribution in [-0.2, 0) is 0 Å². The standard InChI is InChI=1S/C34H24N2O2S/c35-24-28(26-17-19-27(20-18-26)32-13-7-8-14-33(32)38-34(37)39)23-25-15-21-31(22-16-25)36(29-9-3-1-4-10-29)30-11-5-2-6-12-30/h1-23H,(H,37,39). The molecule has 0 saturated heterocycles. The lowest BCUT2D eigenvalue weighted by molar-refractivity contribution is 0.396. The molecule has 0 fully saturated rings. The zero-order valence-corrected chi connectivity index (χ0v) is 21.8. The van der Waals surface area contributed by atoms with Gasteiger partial charge in [0.25, 0.3) is 0 Å². The average molecular weight is 525 g/mol. The van der Waals surface area contributed by atoms with Crippen molar-refractivity contribution in [1.29, 1.82) is 5.26 Å². The first kappa shape index (κ1) is 25.5. The minimum atomic E-state index is -0.532. The van der Waals surface area contributed by atoms with Crippen molar-refractivity contribution in [3.8, 4) is 22.9 Å². The van der Waals surface area contributed by atoms with Crippen molar-refractivity contribution in [1.82, 2.24) is 0 Å². The van der Waals surface area contributed by atoms with E-state index in [0.717, 1.165) is 39.3 Å². The highest BCUT2D eigenvalue weighted by atomic mass is 32.1. The molecule has 0 aliphatic heterocycles. The molecule has 4 nitrogen and oxygen atoms in total. The first-order valence-corrected chi connectivity index (χ1v) is 12.8. The van der Waals surface area contributed by atoms with E-state index in [1.165, 1.54) is 0 Å². The van der Waals surface area contributed by atoms with Gasteiger partial charge in [0.05, 0.1) is 11.6 Å². The summed E-state index contributed by atoms with van der Waals surface area (Å²) in [6, 6.07) is 45.9. The second kappa shape index (κ2) is 11.9. The zero-order valence-electron chi connectivity index (χ0n) is 20.9. The number of allylic oxidation sites excluding steroid dienone is 1. The maximum Gasteiger partial charge on any atom is 0.355 e. The third kappa shape index (κ3) is 6.04. The average Bonchev–Trinajstić information content (AvgIpc) is 2.98. The van der Waals surface area contributed by atoms with Gasteiger partial charge in [-0.2, -0.15) is 5.26 Å². The maximum absolute atomic E-state index is 9.92. The van der Waals surface area contributed by atoms with Crippen molar-refractivity contribution >= 4 is 46.2 Å².